The van der Waals surface area contributed by atoms with Crippen molar-refractivity contribution >= 4 is 5.78 Å². The Kier molecular flexibility index (Phi) is 10.2. The molecule has 1 heteroatoms. The zero-order chi connectivity index (χ0) is 21.0. The van der Waals surface area contributed by atoms with Crippen LogP contribution >= 0.6 is 0 Å². The van der Waals surface area contributed by atoms with Gasteiger partial charge in [-0.1, -0.05) is 133 Å². The summed E-state index contributed by atoms with van der Waals surface area (Å²) in [6.07, 6.45) is 11.8. The molecular weight excluding hydrogens is 352 g/mol. The van der Waals surface area contributed by atoms with E-state index in [9.17, 15) is 4.79 Å². The third-order valence-corrected chi connectivity index (χ3v) is 6.29. The first-order chi connectivity index (χ1) is 14.1. The Morgan fingerprint density at radius 2 is 1.10 bits per heavy atom. The summed E-state index contributed by atoms with van der Waals surface area (Å²) >= 11 is 0. The molecule has 0 amide bonds. The minimum Gasteiger partial charge on any atom is -0.298 e. The van der Waals surface area contributed by atoms with Gasteiger partial charge in [-0.2, -0.15) is 0 Å². The van der Waals surface area contributed by atoms with Crippen molar-refractivity contribution in [3.05, 3.63) is 71.8 Å². The first-order valence-electron chi connectivity index (χ1n) is 11.8. The van der Waals surface area contributed by atoms with Crippen LogP contribution in [-0.2, 0) is 4.79 Å². The molecule has 0 spiro atoms. The van der Waals surface area contributed by atoms with Gasteiger partial charge in [-0.05, 0) is 24.0 Å². The van der Waals surface area contributed by atoms with Crippen molar-refractivity contribution in [2.45, 2.75) is 90.9 Å². The molecule has 0 fully saturated rings. The molecule has 158 valence electrons. The van der Waals surface area contributed by atoms with E-state index in [0.29, 0.717) is 5.78 Å². The van der Waals surface area contributed by atoms with Crippen LogP contribution in [0.5, 0.6) is 0 Å². The highest BCUT2D eigenvalue weighted by atomic mass is 16.1. The van der Waals surface area contributed by atoms with Gasteiger partial charge in [-0.3, -0.25) is 4.79 Å². The predicted molar refractivity (Wildman–Crippen MR) is 125 cm³/mol. The number of hydrogen-bond donors (Lipinski definition) is 0. The molecule has 0 atom stereocenters. The summed E-state index contributed by atoms with van der Waals surface area (Å²) in [5.74, 6) is 0.239. The standard InChI is InChI=1S/C28H40O/c1-4-6-8-16-22-28(3,23-17-9-7-5-2)27(29)26(24-18-12-10-13-19-24)25-20-14-11-15-21-25/h10-15,18-21,26H,4-9,16-17,22-23H2,1-3H3. The number of ketones is 1. The fraction of sp³-hybridized carbons (Fsp3) is 0.536. The van der Waals surface area contributed by atoms with E-state index in [2.05, 4.69) is 69.3 Å². The average molecular weight is 393 g/mol. The number of benzene rings is 2. The lowest BCUT2D eigenvalue weighted by Gasteiger charge is -2.33. The molecule has 0 aliphatic rings. The van der Waals surface area contributed by atoms with Crippen LogP contribution in [-0.4, -0.2) is 5.78 Å². The minimum atomic E-state index is -0.252. The Hall–Kier alpha value is -1.89. The molecular formula is C28H40O. The third-order valence-electron chi connectivity index (χ3n) is 6.29. The van der Waals surface area contributed by atoms with E-state index in [-0.39, 0.29) is 11.3 Å². The van der Waals surface area contributed by atoms with Gasteiger partial charge in [-0.15, -0.1) is 0 Å². The molecule has 0 unspecified atom stereocenters. The smallest absolute Gasteiger partial charge is 0.150 e. The number of carbonyl (C=O) groups is 1. The summed E-state index contributed by atoms with van der Waals surface area (Å²) in [6, 6.07) is 20.7. The highest BCUT2D eigenvalue weighted by Crippen LogP contribution is 2.40. The zero-order valence-corrected chi connectivity index (χ0v) is 18.8. The van der Waals surface area contributed by atoms with Crippen LogP contribution in [0, 0.1) is 5.41 Å². The van der Waals surface area contributed by atoms with Crippen molar-refractivity contribution in [1.29, 1.82) is 0 Å². The van der Waals surface area contributed by atoms with Crippen molar-refractivity contribution in [3.8, 4) is 0 Å². The Balaban J connectivity index is 2.29. The van der Waals surface area contributed by atoms with Gasteiger partial charge in [0.1, 0.15) is 0 Å². The van der Waals surface area contributed by atoms with Gasteiger partial charge in [0.25, 0.3) is 0 Å². The second-order valence-corrected chi connectivity index (χ2v) is 8.80. The van der Waals surface area contributed by atoms with E-state index in [1.54, 1.807) is 0 Å². The fourth-order valence-corrected chi connectivity index (χ4v) is 4.39. The Labute approximate surface area is 178 Å². The topological polar surface area (TPSA) is 17.1 Å². The molecule has 2 aromatic carbocycles. The second kappa shape index (κ2) is 12.6. The molecule has 0 aromatic heterocycles. The maximum Gasteiger partial charge on any atom is 0.150 e. The molecule has 0 aliphatic carbocycles. The van der Waals surface area contributed by atoms with E-state index >= 15 is 0 Å². The molecule has 0 radical (unpaired) electrons. The monoisotopic (exact) mass is 392 g/mol. The third kappa shape index (κ3) is 7.14. The minimum absolute atomic E-state index is 0.167. The summed E-state index contributed by atoms with van der Waals surface area (Å²) in [6.45, 7) is 6.73. The van der Waals surface area contributed by atoms with Crippen LogP contribution in [0.25, 0.3) is 0 Å². The molecule has 0 bridgehead atoms. The molecule has 0 N–H and O–H groups in total. The maximum atomic E-state index is 14.1. The van der Waals surface area contributed by atoms with Crippen LogP contribution in [0.15, 0.2) is 60.7 Å². The van der Waals surface area contributed by atoms with Gasteiger partial charge in [0.05, 0.1) is 5.92 Å². The van der Waals surface area contributed by atoms with Gasteiger partial charge < -0.3 is 0 Å². The van der Waals surface area contributed by atoms with Crippen LogP contribution in [0.2, 0.25) is 0 Å². The fourth-order valence-electron chi connectivity index (χ4n) is 4.39. The molecule has 0 aliphatic heterocycles. The lowest BCUT2D eigenvalue weighted by atomic mass is 9.69. The molecule has 2 rings (SSSR count). The summed E-state index contributed by atoms with van der Waals surface area (Å²) < 4.78 is 0. The predicted octanol–water partition coefficient (Wildman–Crippen LogP) is 8.33. The molecule has 1 nitrogen and oxygen atoms in total. The number of rotatable bonds is 14. The van der Waals surface area contributed by atoms with E-state index in [1.807, 2.05) is 12.1 Å². The van der Waals surface area contributed by atoms with Crippen LogP contribution < -0.4 is 0 Å². The second-order valence-electron chi connectivity index (χ2n) is 8.80. The Morgan fingerprint density at radius 1 is 0.690 bits per heavy atom. The van der Waals surface area contributed by atoms with Crippen LogP contribution in [0.1, 0.15) is 102 Å². The number of carbonyl (C=O) groups excluding carboxylic acids is 1. The van der Waals surface area contributed by atoms with E-state index in [1.165, 1.54) is 38.5 Å². The van der Waals surface area contributed by atoms with Crippen molar-refractivity contribution < 1.29 is 4.79 Å². The SMILES string of the molecule is CCCCCCC(C)(CCCCCC)C(=O)C(c1ccccc1)c1ccccc1. The first-order valence-corrected chi connectivity index (χ1v) is 11.8. The maximum absolute atomic E-state index is 14.1. The first kappa shape index (κ1) is 23.4. The quantitative estimate of drug-likeness (QED) is 0.295. The lowest BCUT2D eigenvalue weighted by Crippen LogP contribution is -2.33. The van der Waals surface area contributed by atoms with Crippen molar-refractivity contribution in [2.75, 3.05) is 0 Å². The van der Waals surface area contributed by atoms with Gasteiger partial charge in [0.2, 0.25) is 0 Å². The molecule has 0 saturated heterocycles. The average Bonchev–Trinajstić information content (AvgIpc) is 2.76. The van der Waals surface area contributed by atoms with E-state index < -0.39 is 0 Å². The largest absolute Gasteiger partial charge is 0.298 e. The summed E-state index contributed by atoms with van der Waals surface area (Å²) in [4.78, 5) is 14.1. The molecule has 0 heterocycles. The van der Waals surface area contributed by atoms with Crippen LogP contribution in [0.4, 0.5) is 0 Å². The van der Waals surface area contributed by atoms with Crippen molar-refractivity contribution in [3.63, 3.8) is 0 Å². The molecule has 0 saturated carbocycles. The van der Waals surface area contributed by atoms with E-state index in [0.717, 1.165) is 36.8 Å². The highest BCUT2D eigenvalue weighted by Gasteiger charge is 2.38. The Bertz CT molecular complexity index is 637. The number of Topliss-reactive ketones (excluding diaryl/α,β-unsaturated/α-hetero) is 1. The van der Waals surface area contributed by atoms with Gasteiger partial charge in [-0.25, -0.2) is 0 Å². The van der Waals surface area contributed by atoms with Gasteiger partial charge in [0.15, 0.2) is 5.78 Å². The summed E-state index contributed by atoms with van der Waals surface area (Å²) in [5, 5.41) is 0. The number of hydrogen-bond acceptors (Lipinski definition) is 1. The van der Waals surface area contributed by atoms with Crippen molar-refractivity contribution in [2.24, 2.45) is 5.41 Å². The van der Waals surface area contributed by atoms with Gasteiger partial charge in [0, 0.05) is 5.41 Å². The van der Waals surface area contributed by atoms with Crippen molar-refractivity contribution in [1.82, 2.24) is 0 Å². The number of unbranched alkanes of at least 4 members (excludes halogenated alkanes) is 6. The van der Waals surface area contributed by atoms with Gasteiger partial charge >= 0.3 is 0 Å². The lowest BCUT2D eigenvalue weighted by molar-refractivity contribution is -0.129. The summed E-state index contributed by atoms with van der Waals surface area (Å²) in [7, 11) is 0. The highest BCUT2D eigenvalue weighted by molar-refractivity contribution is 5.93. The molecule has 2 aromatic rings. The zero-order valence-electron chi connectivity index (χ0n) is 18.8. The Morgan fingerprint density at radius 3 is 1.48 bits per heavy atom. The van der Waals surface area contributed by atoms with Crippen LogP contribution in [0.3, 0.4) is 0 Å². The van der Waals surface area contributed by atoms with E-state index in [4.69, 9.17) is 0 Å². The normalized spacial score (nSPS) is 11.7. The summed E-state index contributed by atoms with van der Waals surface area (Å²) in [5.41, 5.74) is 1.99. The molecule has 29 heavy (non-hydrogen) atoms.